The lowest BCUT2D eigenvalue weighted by atomic mass is 10.1. The summed E-state index contributed by atoms with van der Waals surface area (Å²) in [4.78, 5) is 31.7. The number of rotatable bonds is 8. The van der Waals surface area contributed by atoms with Gasteiger partial charge < -0.3 is 24.4 Å². The molecule has 34 heavy (non-hydrogen) atoms. The van der Waals surface area contributed by atoms with Gasteiger partial charge >= 0.3 is 5.97 Å². The van der Waals surface area contributed by atoms with E-state index in [9.17, 15) is 9.59 Å². The van der Waals surface area contributed by atoms with Crippen LogP contribution in [0.15, 0.2) is 72.8 Å². The molecule has 0 bridgehead atoms. The molecule has 8 heteroatoms. The van der Waals surface area contributed by atoms with Gasteiger partial charge in [0.15, 0.2) is 18.1 Å². The zero-order valence-corrected chi connectivity index (χ0v) is 18.4. The van der Waals surface area contributed by atoms with Crippen molar-refractivity contribution in [2.75, 3.05) is 42.6 Å². The van der Waals surface area contributed by atoms with E-state index in [1.165, 1.54) is 0 Å². The number of para-hydroxylation sites is 3. The molecule has 3 aromatic carbocycles. The molecule has 0 unspecified atom stereocenters. The summed E-state index contributed by atoms with van der Waals surface area (Å²) < 4.78 is 11.2. The van der Waals surface area contributed by atoms with Gasteiger partial charge in [0.25, 0.3) is 5.91 Å². The molecule has 1 N–H and O–H groups in total. The monoisotopic (exact) mass is 457 g/mol. The van der Waals surface area contributed by atoms with E-state index >= 15 is 0 Å². The van der Waals surface area contributed by atoms with Crippen molar-refractivity contribution >= 4 is 28.9 Å². The van der Waals surface area contributed by atoms with E-state index < -0.39 is 12.6 Å². The van der Waals surface area contributed by atoms with Gasteiger partial charge in [-0.1, -0.05) is 42.5 Å². The first-order valence-electron chi connectivity index (χ1n) is 10.8. The summed E-state index contributed by atoms with van der Waals surface area (Å²) >= 11 is 0. The first-order chi connectivity index (χ1) is 16.6. The van der Waals surface area contributed by atoms with Gasteiger partial charge in [0.2, 0.25) is 5.69 Å². The Morgan fingerprint density at radius 2 is 1.82 bits per heavy atom. The molecule has 0 atom stereocenters. The Kier molecular flexibility index (Phi) is 6.94. The van der Waals surface area contributed by atoms with Gasteiger partial charge in [0, 0.05) is 24.3 Å². The number of benzene rings is 3. The Bertz CT molecular complexity index is 1220. The third-order valence-corrected chi connectivity index (χ3v) is 5.41. The van der Waals surface area contributed by atoms with Crippen LogP contribution >= 0.6 is 0 Å². The minimum atomic E-state index is -1.07. The van der Waals surface area contributed by atoms with Crippen molar-refractivity contribution in [2.45, 2.75) is 0 Å². The summed E-state index contributed by atoms with van der Waals surface area (Å²) in [5.74, 6) is -0.416. The van der Waals surface area contributed by atoms with E-state index in [0.29, 0.717) is 54.7 Å². The number of anilines is 2. The van der Waals surface area contributed by atoms with Gasteiger partial charge in [-0.3, -0.25) is 4.79 Å². The Balaban J connectivity index is 1.61. The van der Waals surface area contributed by atoms with Crippen molar-refractivity contribution in [2.24, 2.45) is 0 Å². The van der Waals surface area contributed by atoms with Crippen molar-refractivity contribution < 1.29 is 24.2 Å². The molecule has 0 saturated heterocycles. The van der Waals surface area contributed by atoms with E-state index in [0.717, 1.165) is 5.69 Å². The van der Waals surface area contributed by atoms with Crippen LogP contribution in [0.5, 0.6) is 11.5 Å². The molecule has 0 spiro atoms. The fourth-order valence-electron chi connectivity index (χ4n) is 3.84. The molecule has 0 fully saturated rings. The zero-order chi connectivity index (χ0) is 23.9. The molecule has 1 heterocycles. The number of carboxylic acid groups (broad SMARTS) is 1. The Morgan fingerprint density at radius 1 is 1.06 bits per heavy atom. The maximum Gasteiger partial charge on any atom is 0.341 e. The third-order valence-electron chi connectivity index (χ3n) is 5.41. The number of amides is 1. The number of nitrogens with zero attached hydrogens (tertiary/aromatic N) is 3. The van der Waals surface area contributed by atoms with E-state index in [1.807, 2.05) is 30.3 Å². The number of hydrogen-bond acceptors (Lipinski definition) is 5. The Morgan fingerprint density at radius 3 is 2.59 bits per heavy atom. The zero-order valence-electron chi connectivity index (χ0n) is 18.4. The standard InChI is InChI=1S/C26H23N3O5/c1-27-20-10-5-6-11-21(20)29(26(32)19-8-3-2-4-9-19)15-14-28-16-17-33-25-22(28)12-7-13-23(25)34-18-24(30)31/h2-13H,14-18H2,(H,30,31). The maximum atomic E-state index is 13.4. The fraction of sp³-hybridized carbons (Fsp3) is 0.192. The maximum absolute atomic E-state index is 13.4. The first kappa shape index (κ1) is 22.7. The van der Waals surface area contributed by atoms with Crippen LogP contribution in [0.1, 0.15) is 10.4 Å². The fourth-order valence-corrected chi connectivity index (χ4v) is 3.84. The molecule has 8 nitrogen and oxygen atoms in total. The van der Waals surface area contributed by atoms with Gasteiger partial charge in [-0.15, -0.1) is 0 Å². The molecule has 0 radical (unpaired) electrons. The predicted molar refractivity (Wildman–Crippen MR) is 128 cm³/mol. The first-order valence-corrected chi connectivity index (χ1v) is 10.8. The SMILES string of the molecule is [C-]#[N+]c1ccccc1N(CCN1CCOc2c(OCC(=O)O)cccc21)C(=O)c1ccccc1. The summed E-state index contributed by atoms with van der Waals surface area (Å²) in [6.07, 6.45) is 0. The number of fused-ring (bicyclic) bond motifs is 1. The second-order valence-electron chi connectivity index (χ2n) is 7.55. The van der Waals surface area contributed by atoms with Gasteiger partial charge in [0.05, 0.1) is 18.8 Å². The average Bonchev–Trinajstić information content (AvgIpc) is 2.88. The van der Waals surface area contributed by atoms with Crippen LogP contribution in [-0.4, -0.2) is 49.8 Å². The molecule has 0 saturated carbocycles. The number of carboxylic acids is 1. The van der Waals surface area contributed by atoms with Crippen LogP contribution in [0.25, 0.3) is 4.85 Å². The van der Waals surface area contributed by atoms with Crippen LogP contribution in [-0.2, 0) is 4.79 Å². The number of carbonyl (C=O) groups is 2. The minimum Gasteiger partial charge on any atom is -0.486 e. The normalized spacial score (nSPS) is 12.1. The van der Waals surface area contributed by atoms with Gasteiger partial charge in [0.1, 0.15) is 6.61 Å². The molecule has 0 aromatic heterocycles. The lowest BCUT2D eigenvalue weighted by Crippen LogP contribution is -2.42. The van der Waals surface area contributed by atoms with E-state index in [2.05, 4.69) is 9.74 Å². The Labute approximate surface area is 197 Å². The molecule has 3 aromatic rings. The summed E-state index contributed by atoms with van der Waals surface area (Å²) in [6, 6.07) is 21.4. The average molecular weight is 457 g/mol. The van der Waals surface area contributed by atoms with Crippen molar-refractivity contribution in [1.82, 2.24) is 0 Å². The smallest absolute Gasteiger partial charge is 0.341 e. The van der Waals surface area contributed by atoms with E-state index in [4.69, 9.17) is 21.2 Å². The van der Waals surface area contributed by atoms with E-state index in [1.54, 1.807) is 47.4 Å². The molecule has 1 aliphatic heterocycles. The summed E-state index contributed by atoms with van der Waals surface area (Å²) in [7, 11) is 0. The van der Waals surface area contributed by atoms with Gasteiger partial charge in [-0.05, 0) is 30.3 Å². The molecular weight excluding hydrogens is 434 g/mol. The van der Waals surface area contributed by atoms with Crippen LogP contribution in [0.3, 0.4) is 0 Å². The van der Waals surface area contributed by atoms with Crippen molar-refractivity contribution in [3.63, 3.8) is 0 Å². The highest BCUT2D eigenvalue weighted by Crippen LogP contribution is 2.40. The quantitative estimate of drug-likeness (QED) is 0.510. The van der Waals surface area contributed by atoms with Crippen molar-refractivity contribution in [3.8, 4) is 11.5 Å². The molecule has 172 valence electrons. The topological polar surface area (TPSA) is 83.7 Å². The van der Waals surface area contributed by atoms with Crippen LogP contribution < -0.4 is 19.3 Å². The minimum absolute atomic E-state index is 0.191. The predicted octanol–water partition coefficient (Wildman–Crippen LogP) is 4.25. The van der Waals surface area contributed by atoms with Crippen LogP contribution in [0, 0.1) is 6.57 Å². The second kappa shape index (κ2) is 10.4. The highest BCUT2D eigenvalue weighted by molar-refractivity contribution is 6.07. The number of hydrogen-bond donors (Lipinski definition) is 1. The van der Waals surface area contributed by atoms with Gasteiger partial charge in [-0.2, -0.15) is 0 Å². The van der Waals surface area contributed by atoms with E-state index in [-0.39, 0.29) is 5.91 Å². The largest absolute Gasteiger partial charge is 0.486 e. The number of ether oxygens (including phenoxy) is 2. The molecule has 1 amide bonds. The van der Waals surface area contributed by atoms with Gasteiger partial charge in [-0.25, -0.2) is 9.64 Å². The highest BCUT2D eigenvalue weighted by Gasteiger charge is 2.25. The summed E-state index contributed by atoms with van der Waals surface area (Å²) in [6.45, 7) is 8.87. The number of carbonyl (C=O) groups excluding carboxylic acids is 1. The molecule has 1 aliphatic rings. The summed E-state index contributed by atoms with van der Waals surface area (Å²) in [5.41, 5.74) is 2.26. The van der Waals surface area contributed by atoms with Crippen molar-refractivity contribution in [3.05, 3.63) is 89.8 Å². The highest BCUT2D eigenvalue weighted by atomic mass is 16.5. The van der Waals surface area contributed by atoms with Crippen molar-refractivity contribution in [1.29, 1.82) is 0 Å². The molecule has 4 rings (SSSR count). The lowest BCUT2D eigenvalue weighted by molar-refractivity contribution is -0.139. The third kappa shape index (κ3) is 4.94. The second-order valence-corrected chi connectivity index (χ2v) is 7.55. The van der Waals surface area contributed by atoms with Crippen LogP contribution in [0.4, 0.5) is 17.1 Å². The van der Waals surface area contributed by atoms with Crippen LogP contribution in [0.2, 0.25) is 0 Å². The number of aliphatic carboxylic acids is 1. The lowest BCUT2D eigenvalue weighted by Gasteiger charge is -2.34. The molecular formula is C26H23N3O5. The Hall–Kier alpha value is -4.51. The summed E-state index contributed by atoms with van der Waals surface area (Å²) in [5, 5.41) is 8.94. The molecule has 0 aliphatic carbocycles.